The van der Waals surface area contributed by atoms with Crippen LogP contribution in [-0.4, -0.2) is 29.6 Å². The quantitative estimate of drug-likeness (QED) is 0.927. The van der Waals surface area contributed by atoms with Crippen molar-refractivity contribution in [3.8, 4) is 0 Å². The molecule has 0 saturated heterocycles. The van der Waals surface area contributed by atoms with Crippen LogP contribution in [0.5, 0.6) is 0 Å². The summed E-state index contributed by atoms with van der Waals surface area (Å²) in [5.41, 5.74) is -0.483. The van der Waals surface area contributed by atoms with E-state index in [0.29, 0.717) is 6.54 Å². The second-order valence-electron chi connectivity index (χ2n) is 4.68. The third kappa shape index (κ3) is 2.56. The molecule has 1 N–H and O–H groups in total. The first kappa shape index (κ1) is 13.1. The third-order valence-corrected chi connectivity index (χ3v) is 5.11. The van der Waals surface area contributed by atoms with Crippen LogP contribution in [0.3, 0.4) is 0 Å². The molecule has 0 unspecified atom stereocenters. The maximum absolute atomic E-state index is 12.2. The van der Waals surface area contributed by atoms with Gasteiger partial charge in [0.05, 0.1) is 18.6 Å². The van der Waals surface area contributed by atoms with Crippen LogP contribution in [0.2, 0.25) is 0 Å². The molecule has 0 bridgehead atoms. The number of carbonyl (C=O) groups is 1. The lowest BCUT2D eigenvalue weighted by atomic mass is 9.68. The molecule has 94 valence electrons. The summed E-state index contributed by atoms with van der Waals surface area (Å²) in [4.78, 5) is 15.1. The molecule has 1 saturated carbocycles. The van der Waals surface area contributed by atoms with Gasteiger partial charge in [-0.2, -0.15) is 0 Å². The van der Waals surface area contributed by atoms with Crippen LogP contribution in [0, 0.1) is 5.41 Å². The van der Waals surface area contributed by atoms with E-state index in [-0.39, 0.29) is 12.5 Å². The minimum atomic E-state index is -0.483. The fourth-order valence-electron chi connectivity index (χ4n) is 2.19. The summed E-state index contributed by atoms with van der Waals surface area (Å²) < 4.78 is 1.05. The Hall–Kier alpha value is -0.390. The Bertz CT molecular complexity index is 409. The van der Waals surface area contributed by atoms with Crippen LogP contribution in [0.25, 0.3) is 0 Å². The van der Waals surface area contributed by atoms with E-state index in [1.807, 2.05) is 18.5 Å². The highest BCUT2D eigenvalue weighted by atomic mass is 79.9. The number of rotatable bonds is 4. The topological polar surface area (TPSA) is 40.5 Å². The van der Waals surface area contributed by atoms with Gasteiger partial charge in [0.25, 0.3) is 0 Å². The molecule has 1 aromatic heterocycles. The SMILES string of the molecule is CN(Cc1cc(Br)cs1)C(=O)C1(CO)CCC1. The van der Waals surface area contributed by atoms with E-state index in [1.54, 1.807) is 16.2 Å². The zero-order valence-corrected chi connectivity index (χ0v) is 12.2. The summed E-state index contributed by atoms with van der Waals surface area (Å²) in [6, 6.07) is 2.03. The van der Waals surface area contributed by atoms with E-state index in [1.165, 1.54) is 0 Å². The van der Waals surface area contributed by atoms with Crippen LogP contribution in [-0.2, 0) is 11.3 Å². The van der Waals surface area contributed by atoms with Crippen molar-refractivity contribution in [2.75, 3.05) is 13.7 Å². The summed E-state index contributed by atoms with van der Waals surface area (Å²) in [7, 11) is 1.81. The zero-order chi connectivity index (χ0) is 12.5. The Kier molecular flexibility index (Phi) is 3.90. The van der Waals surface area contributed by atoms with Crippen molar-refractivity contribution in [3.63, 3.8) is 0 Å². The van der Waals surface area contributed by atoms with E-state index in [2.05, 4.69) is 15.9 Å². The van der Waals surface area contributed by atoms with Gasteiger partial charge in [-0.15, -0.1) is 11.3 Å². The van der Waals surface area contributed by atoms with Gasteiger partial charge >= 0.3 is 0 Å². The first-order valence-electron chi connectivity index (χ1n) is 5.67. The van der Waals surface area contributed by atoms with E-state index in [0.717, 1.165) is 28.6 Å². The number of halogens is 1. The molecule has 17 heavy (non-hydrogen) atoms. The lowest BCUT2D eigenvalue weighted by molar-refractivity contribution is -0.150. The minimum Gasteiger partial charge on any atom is -0.395 e. The normalized spacial score (nSPS) is 17.6. The van der Waals surface area contributed by atoms with Crippen LogP contribution in [0.15, 0.2) is 15.9 Å². The molecule has 0 spiro atoms. The van der Waals surface area contributed by atoms with Crippen molar-refractivity contribution in [1.82, 2.24) is 4.90 Å². The van der Waals surface area contributed by atoms with Gasteiger partial charge in [0.15, 0.2) is 0 Å². The first-order chi connectivity index (χ1) is 8.07. The molecule has 1 aromatic rings. The first-order valence-corrected chi connectivity index (χ1v) is 7.34. The van der Waals surface area contributed by atoms with Gasteiger partial charge < -0.3 is 10.0 Å². The number of amides is 1. The number of hydrogen-bond donors (Lipinski definition) is 1. The van der Waals surface area contributed by atoms with Gasteiger partial charge in [0.2, 0.25) is 5.91 Å². The van der Waals surface area contributed by atoms with Crippen LogP contribution < -0.4 is 0 Å². The lowest BCUT2D eigenvalue weighted by Crippen LogP contribution is -2.48. The number of nitrogens with zero attached hydrogens (tertiary/aromatic N) is 1. The monoisotopic (exact) mass is 317 g/mol. The molecule has 1 heterocycles. The maximum atomic E-state index is 12.2. The Balaban J connectivity index is 2.00. The number of aliphatic hydroxyl groups excluding tert-OH is 1. The zero-order valence-electron chi connectivity index (χ0n) is 9.78. The number of thiophene rings is 1. The number of hydrogen-bond acceptors (Lipinski definition) is 3. The molecule has 2 rings (SSSR count). The van der Waals surface area contributed by atoms with Crippen molar-refractivity contribution in [2.24, 2.45) is 5.41 Å². The molecule has 0 aromatic carbocycles. The molecule has 1 amide bonds. The molecule has 5 heteroatoms. The van der Waals surface area contributed by atoms with Crippen LogP contribution in [0.1, 0.15) is 24.1 Å². The fraction of sp³-hybridized carbons (Fsp3) is 0.583. The van der Waals surface area contributed by atoms with Gasteiger partial charge in [0, 0.05) is 21.8 Å². The number of carbonyl (C=O) groups excluding carboxylic acids is 1. The molecule has 3 nitrogen and oxygen atoms in total. The van der Waals surface area contributed by atoms with Crippen molar-refractivity contribution in [3.05, 3.63) is 20.8 Å². The van der Waals surface area contributed by atoms with Crippen LogP contribution >= 0.6 is 27.3 Å². The molecule has 1 aliphatic rings. The lowest BCUT2D eigenvalue weighted by Gasteiger charge is -2.41. The molecule has 0 aliphatic heterocycles. The molecule has 1 aliphatic carbocycles. The highest BCUT2D eigenvalue weighted by Gasteiger charge is 2.45. The largest absolute Gasteiger partial charge is 0.395 e. The summed E-state index contributed by atoms with van der Waals surface area (Å²) in [5, 5.41) is 11.4. The number of aliphatic hydroxyl groups is 1. The fourth-order valence-corrected chi connectivity index (χ4v) is 3.69. The summed E-state index contributed by atoms with van der Waals surface area (Å²) in [6.07, 6.45) is 2.69. The van der Waals surface area contributed by atoms with Gasteiger partial charge in [-0.05, 0) is 34.8 Å². The van der Waals surface area contributed by atoms with Crippen molar-refractivity contribution < 1.29 is 9.90 Å². The van der Waals surface area contributed by atoms with E-state index in [4.69, 9.17) is 0 Å². The Morgan fingerprint density at radius 2 is 2.35 bits per heavy atom. The minimum absolute atomic E-state index is 0.0235. The third-order valence-electron chi connectivity index (χ3n) is 3.43. The highest BCUT2D eigenvalue weighted by Crippen LogP contribution is 2.42. The highest BCUT2D eigenvalue weighted by molar-refractivity contribution is 9.10. The summed E-state index contributed by atoms with van der Waals surface area (Å²) in [6.45, 7) is 0.598. The Labute approximate surface area is 114 Å². The van der Waals surface area contributed by atoms with Crippen molar-refractivity contribution >= 4 is 33.2 Å². The van der Waals surface area contributed by atoms with Crippen LogP contribution in [0.4, 0.5) is 0 Å². The summed E-state index contributed by atoms with van der Waals surface area (Å²) >= 11 is 5.04. The van der Waals surface area contributed by atoms with Gasteiger partial charge in [-0.3, -0.25) is 4.79 Å². The Morgan fingerprint density at radius 1 is 1.65 bits per heavy atom. The smallest absolute Gasteiger partial charge is 0.231 e. The van der Waals surface area contributed by atoms with E-state index in [9.17, 15) is 9.90 Å². The molecule has 0 atom stereocenters. The second-order valence-corrected chi connectivity index (χ2v) is 6.60. The van der Waals surface area contributed by atoms with Crippen molar-refractivity contribution in [1.29, 1.82) is 0 Å². The standard InChI is InChI=1S/C12H16BrNO2S/c1-14(6-10-5-9(13)7-17-10)11(16)12(8-15)3-2-4-12/h5,7,15H,2-4,6,8H2,1H3. The van der Waals surface area contributed by atoms with E-state index >= 15 is 0 Å². The molecular formula is C12H16BrNO2S. The van der Waals surface area contributed by atoms with Gasteiger partial charge in [-0.1, -0.05) is 6.42 Å². The second kappa shape index (κ2) is 5.08. The maximum Gasteiger partial charge on any atom is 0.231 e. The molecular weight excluding hydrogens is 302 g/mol. The molecule has 0 radical (unpaired) electrons. The van der Waals surface area contributed by atoms with Gasteiger partial charge in [-0.25, -0.2) is 0 Å². The van der Waals surface area contributed by atoms with E-state index < -0.39 is 5.41 Å². The van der Waals surface area contributed by atoms with Crippen molar-refractivity contribution in [2.45, 2.75) is 25.8 Å². The Morgan fingerprint density at radius 3 is 2.76 bits per heavy atom. The summed E-state index contributed by atoms with van der Waals surface area (Å²) in [5.74, 6) is 0.0794. The van der Waals surface area contributed by atoms with Gasteiger partial charge in [0.1, 0.15) is 0 Å². The molecule has 1 fully saturated rings. The average molecular weight is 318 g/mol. The predicted molar refractivity (Wildman–Crippen MR) is 71.9 cm³/mol. The average Bonchev–Trinajstić information content (AvgIpc) is 2.63. The predicted octanol–water partition coefficient (Wildman–Crippen LogP) is 2.63.